The maximum absolute atomic E-state index is 12.3. The van der Waals surface area contributed by atoms with Gasteiger partial charge in [0.15, 0.2) is 10.4 Å². The van der Waals surface area contributed by atoms with Crippen molar-refractivity contribution < 1.29 is 14.0 Å². The third kappa shape index (κ3) is 5.14. The molecule has 0 aliphatic carbocycles. The molecule has 2 heterocycles. The molecule has 0 aliphatic heterocycles. The molecule has 2 amide bonds. The number of hydrogen-bond acceptors (Lipinski definition) is 5. The molecule has 0 saturated heterocycles. The molecular formula is C18H19BrN4O3S. The number of H-pyrrole nitrogens is 1. The molecule has 0 spiro atoms. The Morgan fingerprint density at radius 3 is 2.81 bits per heavy atom. The van der Waals surface area contributed by atoms with Crippen LogP contribution < -0.4 is 10.6 Å². The Labute approximate surface area is 168 Å². The van der Waals surface area contributed by atoms with Crippen molar-refractivity contribution in [3.05, 3.63) is 52.7 Å². The monoisotopic (exact) mass is 450 g/mol. The summed E-state index contributed by atoms with van der Waals surface area (Å²) in [6, 6.07) is 10.6. The van der Waals surface area contributed by atoms with Crippen LogP contribution in [-0.4, -0.2) is 40.3 Å². The lowest BCUT2D eigenvalue weighted by molar-refractivity contribution is -0.120. The lowest BCUT2D eigenvalue weighted by Gasteiger charge is -2.16. The summed E-state index contributed by atoms with van der Waals surface area (Å²) in [5, 5.41) is 5.49. The number of nitrogens with zero attached hydrogens (tertiary/aromatic N) is 1. The molecule has 7 nitrogen and oxygen atoms in total. The van der Waals surface area contributed by atoms with E-state index in [1.54, 1.807) is 17.8 Å². The van der Waals surface area contributed by atoms with E-state index in [4.69, 9.17) is 4.42 Å². The summed E-state index contributed by atoms with van der Waals surface area (Å²) in [5.41, 5.74) is 1.78. The molecule has 3 N–H and O–H groups in total. The lowest BCUT2D eigenvalue weighted by Crippen LogP contribution is -2.39. The predicted molar refractivity (Wildman–Crippen MR) is 109 cm³/mol. The second-order valence-electron chi connectivity index (χ2n) is 5.83. The van der Waals surface area contributed by atoms with Crippen LogP contribution in [0.15, 0.2) is 45.5 Å². The summed E-state index contributed by atoms with van der Waals surface area (Å²) >= 11 is 4.84. The van der Waals surface area contributed by atoms with E-state index in [1.807, 2.05) is 30.5 Å². The zero-order valence-corrected chi connectivity index (χ0v) is 17.0. The third-order valence-electron chi connectivity index (χ3n) is 3.89. The molecule has 2 aromatic heterocycles. The summed E-state index contributed by atoms with van der Waals surface area (Å²) in [5.74, 6) is 0.987. The SMILES string of the molecule is CSCCC(NC(=O)CNC(=O)c1ccc(Br)o1)c1nc2ccccc2[nH]1. The molecule has 0 fully saturated rings. The number of aromatic nitrogens is 2. The van der Waals surface area contributed by atoms with Gasteiger partial charge in [-0.15, -0.1) is 0 Å². The minimum absolute atomic E-state index is 0.144. The molecule has 3 aromatic rings. The molecule has 9 heteroatoms. The van der Waals surface area contributed by atoms with Crippen molar-refractivity contribution in [1.29, 1.82) is 0 Å². The quantitative estimate of drug-likeness (QED) is 0.488. The number of thioether (sulfide) groups is 1. The van der Waals surface area contributed by atoms with Crippen molar-refractivity contribution in [2.24, 2.45) is 0 Å². The van der Waals surface area contributed by atoms with Gasteiger partial charge in [-0.3, -0.25) is 9.59 Å². The van der Waals surface area contributed by atoms with Crippen LogP contribution in [-0.2, 0) is 4.79 Å². The zero-order valence-electron chi connectivity index (χ0n) is 14.6. The van der Waals surface area contributed by atoms with Crippen LogP contribution in [0.25, 0.3) is 11.0 Å². The van der Waals surface area contributed by atoms with Crippen LogP contribution in [0.2, 0.25) is 0 Å². The summed E-state index contributed by atoms with van der Waals surface area (Å²) in [4.78, 5) is 32.2. The molecule has 0 bridgehead atoms. The Morgan fingerprint density at radius 2 is 2.11 bits per heavy atom. The Bertz CT molecular complexity index is 906. The first-order valence-electron chi connectivity index (χ1n) is 8.33. The van der Waals surface area contributed by atoms with E-state index in [1.165, 1.54) is 6.07 Å². The van der Waals surface area contributed by atoms with E-state index >= 15 is 0 Å². The van der Waals surface area contributed by atoms with Crippen molar-refractivity contribution in [2.75, 3.05) is 18.6 Å². The fourth-order valence-corrected chi connectivity index (χ4v) is 3.36. The number of aromatic amines is 1. The number of benzene rings is 1. The van der Waals surface area contributed by atoms with Crippen molar-refractivity contribution in [1.82, 2.24) is 20.6 Å². The number of amides is 2. The Kier molecular flexibility index (Phi) is 6.57. The summed E-state index contributed by atoms with van der Waals surface area (Å²) in [6.45, 7) is -0.146. The number of carbonyl (C=O) groups is 2. The number of hydrogen-bond donors (Lipinski definition) is 3. The Hall–Kier alpha value is -2.26. The first-order chi connectivity index (χ1) is 13.1. The van der Waals surface area contributed by atoms with Gasteiger partial charge in [-0.05, 0) is 58.6 Å². The summed E-state index contributed by atoms with van der Waals surface area (Å²) in [6.07, 6.45) is 2.74. The van der Waals surface area contributed by atoms with E-state index in [0.29, 0.717) is 10.5 Å². The molecule has 3 rings (SSSR count). The fourth-order valence-electron chi connectivity index (χ4n) is 2.58. The fraction of sp³-hybridized carbons (Fsp3) is 0.278. The van der Waals surface area contributed by atoms with Crippen molar-refractivity contribution in [3.63, 3.8) is 0 Å². The molecule has 1 unspecified atom stereocenters. The van der Waals surface area contributed by atoms with E-state index in [2.05, 4.69) is 36.5 Å². The van der Waals surface area contributed by atoms with Gasteiger partial charge in [-0.1, -0.05) is 12.1 Å². The summed E-state index contributed by atoms with van der Waals surface area (Å²) < 4.78 is 5.63. The Morgan fingerprint density at radius 1 is 1.30 bits per heavy atom. The number of nitrogens with one attached hydrogen (secondary N) is 3. The van der Waals surface area contributed by atoms with Gasteiger partial charge in [0.2, 0.25) is 5.91 Å². The highest BCUT2D eigenvalue weighted by molar-refractivity contribution is 9.10. The number of halogens is 1. The highest BCUT2D eigenvalue weighted by atomic mass is 79.9. The van der Waals surface area contributed by atoms with Crippen molar-refractivity contribution in [3.8, 4) is 0 Å². The van der Waals surface area contributed by atoms with Gasteiger partial charge in [-0.25, -0.2) is 4.98 Å². The van der Waals surface area contributed by atoms with Crippen molar-refractivity contribution >= 4 is 50.5 Å². The lowest BCUT2D eigenvalue weighted by atomic mass is 10.2. The zero-order chi connectivity index (χ0) is 19.2. The van der Waals surface area contributed by atoms with Gasteiger partial charge < -0.3 is 20.0 Å². The first kappa shape index (κ1) is 19.5. The van der Waals surface area contributed by atoms with Gasteiger partial charge in [0, 0.05) is 0 Å². The van der Waals surface area contributed by atoms with Crippen LogP contribution in [0.1, 0.15) is 28.8 Å². The largest absolute Gasteiger partial charge is 0.444 e. The molecular weight excluding hydrogens is 432 g/mol. The van der Waals surface area contributed by atoms with Gasteiger partial charge in [0.05, 0.1) is 23.6 Å². The standard InChI is InChI=1S/C18H19BrN4O3S/c1-27-9-8-13(17-22-11-4-2-3-5-12(11)23-17)21-16(24)10-20-18(25)14-6-7-15(19)26-14/h2-7,13H,8-10H2,1H3,(H,20,25)(H,21,24)(H,22,23). The van der Waals surface area contributed by atoms with Gasteiger partial charge in [0.25, 0.3) is 5.91 Å². The second kappa shape index (κ2) is 9.09. The molecule has 0 aliphatic rings. The van der Waals surface area contributed by atoms with E-state index in [-0.39, 0.29) is 24.3 Å². The second-order valence-corrected chi connectivity index (χ2v) is 7.59. The van der Waals surface area contributed by atoms with Crippen LogP contribution in [0.4, 0.5) is 0 Å². The summed E-state index contributed by atoms with van der Waals surface area (Å²) in [7, 11) is 0. The number of fused-ring (bicyclic) bond motifs is 1. The average molecular weight is 451 g/mol. The molecule has 0 radical (unpaired) electrons. The van der Waals surface area contributed by atoms with Gasteiger partial charge in [-0.2, -0.15) is 11.8 Å². The normalized spacial score (nSPS) is 12.1. The first-order valence-corrected chi connectivity index (χ1v) is 10.5. The minimum atomic E-state index is -0.444. The van der Waals surface area contributed by atoms with Crippen molar-refractivity contribution in [2.45, 2.75) is 12.5 Å². The van der Waals surface area contributed by atoms with Crippen LogP contribution in [0, 0.1) is 0 Å². The molecule has 27 heavy (non-hydrogen) atoms. The third-order valence-corrected chi connectivity index (χ3v) is 4.96. The van der Waals surface area contributed by atoms with Crippen LogP contribution >= 0.6 is 27.7 Å². The minimum Gasteiger partial charge on any atom is -0.444 e. The van der Waals surface area contributed by atoms with Crippen LogP contribution in [0.3, 0.4) is 0 Å². The average Bonchev–Trinajstić information content (AvgIpc) is 3.29. The molecule has 1 atom stereocenters. The Balaban J connectivity index is 1.63. The van der Waals surface area contributed by atoms with Gasteiger partial charge >= 0.3 is 0 Å². The smallest absolute Gasteiger partial charge is 0.287 e. The number of carbonyl (C=O) groups excluding carboxylic acids is 2. The van der Waals surface area contributed by atoms with E-state index in [0.717, 1.165) is 23.2 Å². The highest BCUT2D eigenvalue weighted by Gasteiger charge is 2.19. The number of furan rings is 1. The van der Waals surface area contributed by atoms with Gasteiger partial charge in [0.1, 0.15) is 5.82 Å². The number of rotatable bonds is 8. The number of imidazole rings is 1. The number of para-hydroxylation sites is 2. The molecule has 142 valence electrons. The highest BCUT2D eigenvalue weighted by Crippen LogP contribution is 2.20. The van der Waals surface area contributed by atoms with E-state index in [9.17, 15) is 9.59 Å². The van der Waals surface area contributed by atoms with E-state index < -0.39 is 5.91 Å². The maximum Gasteiger partial charge on any atom is 0.287 e. The topological polar surface area (TPSA) is 100 Å². The molecule has 0 saturated carbocycles. The molecule has 1 aromatic carbocycles. The maximum atomic E-state index is 12.3. The predicted octanol–water partition coefficient (Wildman–Crippen LogP) is 3.26. The van der Waals surface area contributed by atoms with Crippen LogP contribution in [0.5, 0.6) is 0 Å².